The molecule has 0 unspecified atom stereocenters. The number of amides is 1. The average molecular weight is 356 g/mol. The molecule has 2 atom stereocenters. The smallest absolute Gasteiger partial charge is 0.257 e. The van der Waals surface area contributed by atoms with Crippen molar-refractivity contribution in [3.63, 3.8) is 0 Å². The first-order valence-corrected chi connectivity index (χ1v) is 8.10. The molecule has 7 heteroatoms. The van der Waals surface area contributed by atoms with Crippen molar-refractivity contribution < 1.29 is 9.90 Å². The van der Waals surface area contributed by atoms with Gasteiger partial charge in [-0.2, -0.15) is 5.10 Å². The van der Waals surface area contributed by atoms with Gasteiger partial charge in [-0.1, -0.05) is 43.5 Å². The predicted molar refractivity (Wildman–Crippen MR) is 94.2 cm³/mol. The zero-order chi connectivity index (χ0) is 17.1. The van der Waals surface area contributed by atoms with E-state index in [0.29, 0.717) is 21.4 Å². The molecule has 0 saturated carbocycles. The van der Waals surface area contributed by atoms with Crippen LogP contribution in [0.25, 0.3) is 0 Å². The molecule has 0 radical (unpaired) electrons. The number of nitrogens with zero attached hydrogens (tertiary/aromatic N) is 1. The van der Waals surface area contributed by atoms with Crippen molar-refractivity contribution in [1.29, 1.82) is 0 Å². The molecule has 23 heavy (non-hydrogen) atoms. The van der Waals surface area contributed by atoms with Crippen LogP contribution in [-0.2, 0) is 4.79 Å². The van der Waals surface area contributed by atoms with E-state index in [-0.39, 0.29) is 29.2 Å². The number of benzene rings is 1. The molecule has 0 aliphatic carbocycles. The summed E-state index contributed by atoms with van der Waals surface area (Å²) < 4.78 is 0. The van der Waals surface area contributed by atoms with Gasteiger partial charge in [0.25, 0.3) is 5.91 Å². The Morgan fingerprint density at radius 1 is 1.43 bits per heavy atom. The fraction of sp³-hybridized carbons (Fsp3) is 0.375. The minimum absolute atomic E-state index is 0.0431. The third kappa shape index (κ3) is 3.79. The molecule has 0 fully saturated rings. The summed E-state index contributed by atoms with van der Waals surface area (Å²) >= 11 is 11.8. The van der Waals surface area contributed by atoms with E-state index in [1.807, 2.05) is 13.8 Å². The van der Waals surface area contributed by atoms with E-state index in [1.54, 1.807) is 25.1 Å². The Morgan fingerprint density at radius 3 is 2.74 bits per heavy atom. The van der Waals surface area contributed by atoms with E-state index in [9.17, 15) is 9.90 Å². The third-order valence-electron chi connectivity index (χ3n) is 3.91. The van der Waals surface area contributed by atoms with Crippen molar-refractivity contribution in [2.24, 2.45) is 11.0 Å². The molecule has 1 aliphatic heterocycles. The molecule has 2 rings (SSSR count). The summed E-state index contributed by atoms with van der Waals surface area (Å²) in [5.41, 5.74) is 4.05. The highest BCUT2D eigenvalue weighted by atomic mass is 35.5. The van der Waals surface area contributed by atoms with Gasteiger partial charge in [0.15, 0.2) is 0 Å². The molecule has 5 nitrogen and oxygen atoms in total. The lowest BCUT2D eigenvalue weighted by Crippen LogP contribution is -2.34. The maximum atomic E-state index is 12.1. The van der Waals surface area contributed by atoms with E-state index >= 15 is 0 Å². The minimum atomic E-state index is -0.363. The Balaban J connectivity index is 2.21. The monoisotopic (exact) mass is 355 g/mol. The van der Waals surface area contributed by atoms with Crippen molar-refractivity contribution in [3.05, 3.63) is 39.6 Å². The van der Waals surface area contributed by atoms with Crippen molar-refractivity contribution in [3.8, 4) is 0 Å². The van der Waals surface area contributed by atoms with Crippen LogP contribution in [-0.4, -0.2) is 22.8 Å². The molecule has 1 heterocycles. The summed E-state index contributed by atoms with van der Waals surface area (Å²) in [6, 6.07) is 4.63. The van der Waals surface area contributed by atoms with Gasteiger partial charge < -0.3 is 10.4 Å². The van der Waals surface area contributed by atoms with Gasteiger partial charge in [-0.3, -0.25) is 10.2 Å². The second-order valence-corrected chi connectivity index (χ2v) is 6.35. The molecule has 1 aromatic rings. The number of hydrogen-bond donors (Lipinski definition) is 3. The Kier molecular flexibility index (Phi) is 5.55. The van der Waals surface area contributed by atoms with Crippen LogP contribution in [0.3, 0.4) is 0 Å². The van der Waals surface area contributed by atoms with Crippen LogP contribution in [0.2, 0.25) is 10.0 Å². The van der Waals surface area contributed by atoms with Gasteiger partial charge >= 0.3 is 0 Å². The first-order valence-electron chi connectivity index (χ1n) is 7.34. The number of hydrazone groups is 1. The molecule has 1 aromatic carbocycles. The number of anilines is 1. The minimum Gasteiger partial charge on any atom is -0.509 e. The summed E-state index contributed by atoms with van der Waals surface area (Å²) in [7, 11) is 0. The number of halogens is 2. The molecule has 124 valence electrons. The Bertz CT molecular complexity index is 686. The Labute approximate surface area is 145 Å². The van der Waals surface area contributed by atoms with Crippen molar-refractivity contribution in [1.82, 2.24) is 5.32 Å². The van der Waals surface area contributed by atoms with Crippen LogP contribution in [0.5, 0.6) is 0 Å². The van der Waals surface area contributed by atoms with Gasteiger partial charge in [0.1, 0.15) is 11.3 Å². The molecule has 0 bridgehead atoms. The summed E-state index contributed by atoms with van der Waals surface area (Å²) in [6.07, 6.45) is 0.847. The molecular formula is C16H19Cl2N3O2. The molecule has 1 aliphatic rings. The van der Waals surface area contributed by atoms with Crippen molar-refractivity contribution in [2.75, 3.05) is 5.43 Å². The number of nitrogens with one attached hydrogen (secondary N) is 2. The highest BCUT2D eigenvalue weighted by molar-refractivity contribution is 6.42. The third-order valence-corrected chi connectivity index (χ3v) is 4.65. The lowest BCUT2D eigenvalue weighted by molar-refractivity contribution is -0.116. The fourth-order valence-electron chi connectivity index (χ4n) is 2.32. The van der Waals surface area contributed by atoms with E-state index in [0.717, 1.165) is 6.42 Å². The van der Waals surface area contributed by atoms with Gasteiger partial charge in [0.05, 0.1) is 27.5 Å². The summed E-state index contributed by atoms with van der Waals surface area (Å²) in [5.74, 6) is -0.126. The second-order valence-electron chi connectivity index (χ2n) is 5.53. The van der Waals surface area contributed by atoms with Crippen molar-refractivity contribution in [2.45, 2.75) is 33.2 Å². The van der Waals surface area contributed by atoms with Gasteiger partial charge in [0.2, 0.25) is 0 Å². The Hall–Kier alpha value is -1.72. The largest absolute Gasteiger partial charge is 0.509 e. The molecule has 0 spiro atoms. The maximum absolute atomic E-state index is 12.1. The van der Waals surface area contributed by atoms with Crippen LogP contribution in [0.1, 0.15) is 27.2 Å². The SMILES string of the molecule is CC[C@H](C)[C@@H]1NC(=O)C(C(C)=NNc2ccc(Cl)c(Cl)c2)=C1O. The summed E-state index contributed by atoms with van der Waals surface area (Å²) in [5, 5.41) is 18.1. The first kappa shape index (κ1) is 17.6. The van der Waals surface area contributed by atoms with Gasteiger partial charge in [0, 0.05) is 0 Å². The molecule has 3 N–H and O–H groups in total. The van der Waals surface area contributed by atoms with E-state index in [4.69, 9.17) is 23.2 Å². The summed E-state index contributed by atoms with van der Waals surface area (Å²) in [6.45, 7) is 5.65. The fourth-order valence-corrected chi connectivity index (χ4v) is 2.62. The molecular weight excluding hydrogens is 337 g/mol. The van der Waals surface area contributed by atoms with E-state index < -0.39 is 0 Å². The lowest BCUT2D eigenvalue weighted by Gasteiger charge is -2.17. The Morgan fingerprint density at radius 2 is 2.13 bits per heavy atom. The molecule has 1 amide bonds. The number of carbonyl (C=O) groups is 1. The highest BCUT2D eigenvalue weighted by Gasteiger charge is 2.35. The number of aliphatic hydroxyl groups is 1. The zero-order valence-electron chi connectivity index (χ0n) is 13.2. The average Bonchev–Trinajstić information content (AvgIpc) is 2.82. The molecule has 0 saturated heterocycles. The van der Waals surface area contributed by atoms with E-state index in [2.05, 4.69) is 15.8 Å². The quantitative estimate of drug-likeness (QED) is 0.548. The number of hydrogen-bond acceptors (Lipinski definition) is 4. The van der Waals surface area contributed by atoms with E-state index in [1.165, 1.54) is 0 Å². The first-order chi connectivity index (χ1) is 10.8. The normalized spacial score (nSPS) is 19.8. The number of carbonyl (C=O) groups excluding carboxylic acids is 1. The summed E-state index contributed by atoms with van der Waals surface area (Å²) in [4.78, 5) is 12.1. The van der Waals surface area contributed by atoms with Gasteiger partial charge in [-0.25, -0.2) is 0 Å². The predicted octanol–water partition coefficient (Wildman–Crippen LogP) is 4.14. The lowest BCUT2D eigenvalue weighted by atomic mass is 9.97. The van der Waals surface area contributed by atoms with Crippen molar-refractivity contribution >= 4 is 40.5 Å². The number of rotatable bonds is 5. The second kappa shape index (κ2) is 7.23. The topological polar surface area (TPSA) is 73.7 Å². The van der Waals surface area contributed by atoms with Crippen LogP contribution in [0.4, 0.5) is 5.69 Å². The van der Waals surface area contributed by atoms with Crippen LogP contribution in [0, 0.1) is 5.92 Å². The maximum Gasteiger partial charge on any atom is 0.257 e. The van der Waals surface area contributed by atoms with Crippen LogP contribution < -0.4 is 10.7 Å². The standard InChI is InChI=1S/C16H19Cl2N3O2/c1-4-8(2)14-15(22)13(16(23)19-14)9(3)20-21-10-5-6-11(17)12(18)7-10/h5-8,14,21-22H,4H2,1-3H3,(H,19,23)/t8-,14-/m0/s1. The van der Waals surface area contributed by atoms with Gasteiger partial charge in [-0.15, -0.1) is 0 Å². The highest BCUT2D eigenvalue weighted by Crippen LogP contribution is 2.26. The van der Waals surface area contributed by atoms with Gasteiger partial charge in [-0.05, 0) is 31.0 Å². The van der Waals surface area contributed by atoms with Crippen LogP contribution >= 0.6 is 23.2 Å². The number of aliphatic hydroxyl groups excluding tert-OH is 1. The van der Waals surface area contributed by atoms with Crippen LogP contribution in [0.15, 0.2) is 34.6 Å². The molecule has 0 aromatic heterocycles. The zero-order valence-corrected chi connectivity index (χ0v) is 14.7.